The second kappa shape index (κ2) is 5.23. The van der Waals surface area contributed by atoms with Crippen LogP contribution in [0, 0.1) is 10.1 Å². The first kappa shape index (κ1) is 13.3. The van der Waals surface area contributed by atoms with E-state index in [-0.39, 0.29) is 5.69 Å². The molecule has 0 saturated carbocycles. The van der Waals surface area contributed by atoms with Gasteiger partial charge in [0, 0.05) is 43.9 Å². The first-order valence-corrected chi connectivity index (χ1v) is 5.87. The van der Waals surface area contributed by atoms with Crippen LogP contribution in [0.25, 0.3) is 0 Å². The zero-order valence-corrected chi connectivity index (χ0v) is 10.2. The van der Waals surface area contributed by atoms with Crippen LogP contribution < -0.4 is 5.32 Å². The lowest BCUT2D eigenvalue weighted by Crippen LogP contribution is -2.50. The number of ether oxygens (including phenoxy) is 1. The van der Waals surface area contributed by atoms with Crippen molar-refractivity contribution in [3.63, 3.8) is 0 Å². The van der Waals surface area contributed by atoms with Crippen LogP contribution in [-0.2, 0) is 9.53 Å². The summed E-state index contributed by atoms with van der Waals surface area (Å²) in [6.45, 7) is 0.762. The topological polar surface area (TPSA) is 102 Å². The lowest BCUT2D eigenvalue weighted by Gasteiger charge is -2.34. The maximum absolute atomic E-state index is 11.4. The molecule has 0 aliphatic carbocycles. The lowest BCUT2D eigenvalue weighted by atomic mass is 9.90. The van der Waals surface area contributed by atoms with E-state index in [4.69, 9.17) is 4.74 Å². The highest BCUT2D eigenvalue weighted by molar-refractivity contribution is 5.83. The maximum Gasteiger partial charge on any atom is 0.329 e. The number of nitrogens with zero attached hydrogens (tertiary/aromatic N) is 1. The number of rotatable bonds is 4. The Balaban J connectivity index is 2.17. The second-order valence-corrected chi connectivity index (χ2v) is 4.43. The van der Waals surface area contributed by atoms with Gasteiger partial charge in [0.25, 0.3) is 5.69 Å². The molecule has 7 nitrogen and oxygen atoms in total. The summed E-state index contributed by atoms with van der Waals surface area (Å²) in [4.78, 5) is 21.5. The lowest BCUT2D eigenvalue weighted by molar-refractivity contribution is -0.384. The molecule has 2 rings (SSSR count). The van der Waals surface area contributed by atoms with Crippen LogP contribution in [0.15, 0.2) is 24.3 Å². The highest BCUT2D eigenvalue weighted by Gasteiger charge is 2.40. The summed E-state index contributed by atoms with van der Waals surface area (Å²) in [6, 6.07) is 5.71. The quantitative estimate of drug-likeness (QED) is 0.634. The van der Waals surface area contributed by atoms with Crippen molar-refractivity contribution in [2.75, 3.05) is 18.5 Å². The van der Waals surface area contributed by atoms with Crippen LogP contribution >= 0.6 is 0 Å². The molecule has 1 aliphatic rings. The molecule has 1 heterocycles. The molecule has 2 N–H and O–H groups in total. The number of nitro groups is 1. The zero-order chi connectivity index (χ0) is 13.9. The van der Waals surface area contributed by atoms with Crippen LogP contribution in [0.5, 0.6) is 0 Å². The van der Waals surface area contributed by atoms with E-state index >= 15 is 0 Å². The Morgan fingerprint density at radius 2 is 1.89 bits per heavy atom. The fourth-order valence-electron chi connectivity index (χ4n) is 2.05. The van der Waals surface area contributed by atoms with Gasteiger partial charge in [0.2, 0.25) is 0 Å². The first-order valence-electron chi connectivity index (χ1n) is 5.87. The average molecular weight is 266 g/mol. The number of hydrogen-bond donors (Lipinski definition) is 2. The zero-order valence-electron chi connectivity index (χ0n) is 10.2. The number of anilines is 1. The van der Waals surface area contributed by atoms with E-state index in [1.165, 1.54) is 24.3 Å². The Hall–Kier alpha value is -2.15. The SMILES string of the molecule is O=C(O)C1(Nc2ccc([N+](=O)[O-])cc2)CCOCC1. The highest BCUT2D eigenvalue weighted by Crippen LogP contribution is 2.27. The van der Waals surface area contributed by atoms with E-state index in [0.29, 0.717) is 31.7 Å². The van der Waals surface area contributed by atoms with E-state index in [2.05, 4.69) is 5.32 Å². The minimum Gasteiger partial charge on any atom is -0.480 e. The second-order valence-electron chi connectivity index (χ2n) is 4.43. The van der Waals surface area contributed by atoms with E-state index in [1.807, 2.05) is 0 Å². The highest BCUT2D eigenvalue weighted by atomic mass is 16.6. The number of hydrogen-bond acceptors (Lipinski definition) is 5. The van der Waals surface area contributed by atoms with Gasteiger partial charge in [-0.1, -0.05) is 0 Å². The fourth-order valence-corrected chi connectivity index (χ4v) is 2.05. The number of carboxylic acids is 1. The van der Waals surface area contributed by atoms with Gasteiger partial charge in [0.05, 0.1) is 4.92 Å². The van der Waals surface area contributed by atoms with Gasteiger partial charge < -0.3 is 15.2 Å². The maximum atomic E-state index is 11.4. The van der Waals surface area contributed by atoms with Crippen molar-refractivity contribution in [3.05, 3.63) is 34.4 Å². The van der Waals surface area contributed by atoms with Crippen molar-refractivity contribution in [2.24, 2.45) is 0 Å². The molecule has 0 amide bonds. The largest absolute Gasteiger partial charge is 0.480 e. The molecule has 1 aromatic carbocycles. The third-order valence-corrected chi connectivity index (χ3v) is 3.22. The standard InChI is InChI=1S/C12H14N2O5/c15-11(16)12(5-7-19-8-6-12)13-9-1-3-10(4-2-9)14(17)18/h1-4,13H,5-8H2,(H,15,16). The molecule has 0 spiro atoms. The monoisotopic (exact) mass is 266 g/mol. The van der Waals surface area contributed by atoms with Crippen LogP contribution in [0.3, 0.4) is 0 Å². The number of carbonyl (C=O) groups is 1. The molecular formula is C12H14N2O5. The third-order valence-electron chi connectivity index (χ3n) is 3.22. The van der Waals surface area contributed by atoms with Crippen LogP contribution in [-0.4, -0.2) is 34.8 Å². The van der Waals surface area contributed by atoms with Crippen molar-refractivity contribution < 1.29 is 19.6 Å². The molecule has 0 aromatic heterocycles. The van der Waals surface area contributed by atoms with Gasteiger partial charge in [0.15, 0.2) is 0 Å². The predicted octanol–water partition coefficient (Wildman–Crippen LogP) is 1.64. The van der Waals surface area contributed by atoms with Crippen molar-refractivity contribution in [2.45, 2.75) is 18.4 Å². The summed E-state index contributed by atoms with van der Waals surface area (Å²) in [5.74, 6) is -0.936. The molecule has 1 saturated heterocycles. The van der Waals surface area contributed by atoms with E-state index in [9.17, 15) is 20.0 Å². The average Bonchev–Trinajstić information content (AvgIpc) is 2.40. The summed E-state index contributed by atoms with van der Waals surface area (Å²) in [7, 11) is 0. The molecule has 19 heavy (non-hydrogen) atoms. The third kappa shape index (κ3) is 2.82. The summed E-state index contributed by atoms with van der Waals surface area (Å²) < 4.78 is 5.17. The first-order chi connectivity index (χ1) is 9.03. The van der Waals surface area contributed by atoms with Crippen molar-refractivity contribution in [3.8, 4) is 0 Å². The van der Waals surface area contributed by atoms with Crippen molar-refractivity contribution in [1.82, 2.24) is 0 Å². The minimum absolute atomic E-state index is 0.0260. The molecule has 1 fully saturated rings. The molecular weight excluding hydrogens is 252 g/mol. The number of non-ortho nitro benzene ring substituents is 1. The van der Waals surface area contributed by atoms with Crippen molar-refractivity contribution >= 4 is 17.3 Å². The summed E-state index contributed by atoms with van der Waals surface area (Å²) in [6.07, 6.45) is 0.721. The number of aliphatic carboxylic acids is 1. The normalized spacial score (nSPS) is 17.7. The van der Waals surface area contributed by atoms with E-state index in [0.717, 1.165) is 0 Å². The van der Waals surface area contributed by atoms with E-state index in [1.54, 1.807) is 0 Å². The Labute approximate surface area is 109 Å². The minimum atomic E-state index is -1.06. The van der Waals surface area contributed by atoms with Gasteiger partial charge in [-0.2, -0.15) is 0 Å². The Kier molecular flexibility index (Phi) is 3.66. The van der Waals surface area contributed by atoms with Gasteiger partial charge >= 0.3 is 5.97 Å². The Morgan fingerprint density at radius 1 is 1.32 bits per heavy atom. The number of nitro benzene ring substituents is 1. The Morgan fingerprint density at radius 3 is 2.37 bits per heavy atom. The summed E-state index contributed by atoms with van der Waals surface area (Å²) in [5.41, 5.74) is -0.536. The molecule has 1 aromatic rings. The van der Waals surface area contributed by atoms with Crippen molar-refractivity contribution in [1.29, 1.82) is 0 Å². The smallest absolute Gasteiger partial charge is 0.329 e. The van der Waals surface area contributed by atoms with Crippen LogP contribution in [0.2, 0.25) is 0 Å². The van der Waals surface area contributed by atoms with Gasteiger partial charge in [-0.25, -0.2) is 4.79 Å². The van der Waals surface area contributed by atoms with Gasteiger partial charge in [-0.3, -0.25) is 10.1 Å². The molecule has 102 valence electrons. The molecule has 0 radical (unpaired) electrons. The number of nitrogens with one attached hydrogen (secondary N) is 1. The molecule has 7 heteroatoms. The molecule has 0 unspecified atom stereocenters. The van der Waals surface area contributed by atoms with Gasteiger partial charge in [0.1, 0.15) is 5.54 Å². The van der Waals surface area contributed by atoms with E-state index < -0.39 is 16.4 Å². The molecule has 1 aliphatic heterocycles. The number of carboxylic acid groups (broad SMARTS) is 1. The summed E-state index contributed by atoms with van der Waals surface area (Å²) in [5, 5.41) is 22.9. The Bertz CT molecular complexity index is 479. The van der Waals surface area contributed by atoms with Crippen LogP contribution in [0.4, 0.5) is 11.4 Å². The summed E-state index contributed by atoms with van der Waals surface area (Å²) >= 11 is 0. The molecule has 0 bridgehead atoms. The number of benzene rings is 1. The van der Waals surface area contributed by atoms with Gasteiger partial charge in [-0.05, 0) is 12.1 Å². The van der Waals surface area contributed by atoms with Gasteiger partial charge in [-0.15, -0.1) is 0 Å². The molecule has 0 atom stereocenters. The predicted molar refractivity (Wildman–Crippen MR) is 67.1 cm³/mol. The fraction of sp³-hybridized carbons (Fsp3) is 0.417. The van der Waals surface area contributed by atoms with Crippen LogP contribution in [0.1, 0.15) is 12.8 Å².